The first-order valence-corrected chi connectivity index (χ1v) is 8.09. The van der Waals surface area contributed by atoms with E-state index in [4.69, 9.17) is 4.74 Å². The van der Waals surface area contributed by atoms with E-state index >= 15 is 0 Å². The lowest BCUT2D eigenvalue weighted by molar-refractivity contribution is -0.134. The van der Waals surface area contributed by atoms with Crippen molar-refractivity contribution in [2.45, 2.75) is 38.2 Å². The van der Waals surface area contributed by atoms with Crippen LogP contribution in [0.4, 0.5) is 0 Å². The Kier molecular flexibility index (Phi) is 4.24. The van der Waals surface area contributed by atoms with Crippen molar-refractivity contribution in [1.29, 1.82) is 0 Å². The van der Waals surface area contributed by atoms with Gasteiger partial charge in [0.05, 0.1) is 11.0 Å². The molecule has 0 aromatic carbocycles. The number of hydrogen-bond donors (Lipinski definition) is 0. The van der Waals surface area contributed by atoms with Crippen LogP contribution in [-0.2, 0) is 4.79 Å². The molecule has 1 aliphatic heterocycles. The monoisotopic (exact) mass is 338 g/mol. The first-order valence-electron chi connectivity index (χ1n) is 7.30. The summed E-state index contributed by atoms with van der Waals surface area (Å²) in [5.74, 6) is 1.21. The first-order chi connectivity index (χ1) is 9.74. The van der Waals surface area contributed by atoms with Crippen molar-refractivity contribution >= 4 is 21.8 Å². The normalized spacial score (nSPS) is 23.2. The highest BCUT2D eigenvalue weighted by atomic mass is 79.9. The molecule has 1 atom stereocenters. The Hall–Kier alpha value is -1.10. The number of nitrogens with zero attached hydrogens (tertiary/aromatic N) is 2. The standard InChI is InChI=1S/C15H19BrN2O2/c16-13-6-3-8-17-14(13)20-12-7-9-18(10-12)15(19)11-4-1-2-5-11/h3,6,8,11-12H,1-2,4-5,7,9-10H2/t12-/m1/s1. The summed E-state index contributed by atoms with van der Waals surface area (Å²) >= 11 is 3.43. The number of amides is 1. The van der Waals surface area contributed by atoms with Crippen LogP contribution in [0, 0.1) is 5.92 Å². The molecule has 0 bridgehead atoms. The van der Waals surface area contributed by atoms with Crippen molar-refractivity contribution in [1.82, 2.24) is 9.88 Å². The fourth-order valence-electron chi connectivity index (χ4n) is 3.07. The minimum atomic E-state index is 0.0616. The molecule has 1 saturated heterocycles. The molecule has 2 fully saturated rings. The maximum absolute atomic E-state index is 12.4. The van der Waals surface area contributed by atoms with E-state index < -0.39 is 0 Å². The smallest absolute Gasteiger partial charge is 0.228 e. The fraction of sp³-hybridized carbons (Fsp3) is 0.600. The molecule has 1 saturated carbocycles. The molecule has 2 heterocycles. The van der Waals surface area contributed by atoms with Crippen LogP contribution in [0.2, 0.25) is 0 Å². The summed E-state index contributed by atoms with van der Waals surface area (Å²) in [6.07, 6.45) is 7.19. The number of likely N-dealkylation sites (tertiary alicyclic amines) is 1. The zero-order valence-corrected chi connectivity index (χ0v) is 13.0. The van der Waals surface area contributed by atoms with Gasteiger partial charge in [-0.3, -0.25) is 4.79 Å². The van der Waals surface area contributed by atoms with Crippen LogP contribution in [0.3, 0.4) is 0 Å². The van der Waals surface area contributed by atoms with Gasteiger partial charge in [0.1, 0.15) is 6.10 Å². The molecule has 1 aromatic heterocycles. The van der Waals surface area contributed by atoms with Crippen molar-refractivity contribution < 1.29 is 9.53 Å². The Morgan fingerprint density at radius 3 is 2.90 bits per heavy atom. The topological polar surface area (TPSA) is 42.4 Å². The molecular formula is C15H19BrN2O2. The highest BCUT2D eigenvalue weighted by Crippen LogP contribution is 2.29. The molecule has 2 aliphatic rings. The Morgan fingerprint density at radius 1 is 1.35 bits per heavy atom. The summed E-state index contributed by atoms with van der Waals surface area (Å²) in [7, 11) is 0. The zero-order chi connectivity index (χ0) is 13.9. The third kappa shape index (κ3) is 2.97. The number of aromatic nitrogens is 1. The highest BCUT2D eigenvalue weighted by molar-refractivity contribution is 9.10. The molecule has 0 N–H and O–H groups in total. The predicted octanol–water partition coefficient (Wildman–Crippen LogP) is 3.01. The van der Waals surface area contributed by atoms with Crippen LogP contribution in [0.1, 0.15) is 32.1 Å². The number of carbonyl (C=O) groups is 1. The second kappa shape index (κ2) is 6.12. The number of halogens is 1. The van der Waals surface area contributed by atoms with Crippen LogP contribution in [0.5, 0.6) is 5.88 Å². The van der Waals surface area contributed by atoms with E-state index in [1.165, 1.54) is 12.8 Å². The third-order valence-corrected chi connectivity index (χ3v) is 4.77. The Labute approximate surface area is 127 Å². The molecule has 4 nitrogen and oxygen atoms in total. The van der Waals surface area contributed by atoms with Crippen LogP contribution in [-0.4, -0.2) is 35.0 Å². The second-order valence-corrected chi connectivity index (χ2v) is 6.44. The lowest BCUT2D eigenvalue weighted by Gasteiger charge is -2.20. The molecule has 0 spiro atoms. The van der Waals surface area contributed by atoms with Gasteiger partial charge < -0.3 is 9.64 Å². The molecule has 1 aromatic rings. The average molecular weight is 339 g/mol. The molecule has 3 rings (SSSR count). The summed E-state index contributed by atoms with van der Waals surface area (Å²) in [5, 5.41) is 0. The van der Waals surface area contributed by atoms with Crippen LogP contribution < -0.4 is 4.74 Å². The van der Waals surface area contributed by atoms with E-state index in [9.17, 15) is 4.79 Å². The van der Waals surface area contributed by atoms with Gasteiger partial charge in [-0.05, 0) is 40.9 Å². The molecule has 1 aliphatic carbocycles. The molecule has 20 heavy (non-hydrogen) atoms. The zero-order valence-electron chi connectivity index (χ0n) is 11.4. The van der Waals surface area contributed by atoms with Crippen molar-refractivity contribution in [2.75, 3.05) is 13.1 Å². The number of pyridine rings is 1. The summed E-state index contributed by atoms with van der Waals surface area (Å²) in [5.41, 5.74) is 0. The molecule has 1 amide bonds. The fourth-order valence-corrected chi connectivity index (χ4v) is 3.42. The lowest BCUT2D eigenvalue weighted by Crippen LogP contribution is -2.34. The first kappa shape index (κ1) is 13.9. The van der Waals surface area contributed by atoms with Crippen LogP contribution >= 0.6 is 15.9 Å². The van der Waals surface area contributed by atoms with Crippen molar-refractivity contribution in [3.8, 4) is 5.88 Å². The summed E-state index contributed by atoms with van der Waals surface area (Å²) < 4.78 is 6.76. The van der Waals surface area contributed by atoms with Crippen LogP contribution in [0.15, 0.2) is 22.8 Å². The molecule has 5 heteroatoms. The van der Waals surface area contributed by atoms with E-state index in [1.807, 2.05) is 17.0 Å². The quantitative estimate of drug-likeness (QED) is 0.850. The van der Waals surface area contributed by atoms with Gasteiger partial charge >= 0.3 is 0 Å². The number of rotatable bonds is 3. The van der Waals surface area contributed by atoms with E-state index in [1.54, 1.807) is 6.20 Å². The van der Waals surface area contributed by atoms with Crippen LogP contribution in [0.25, 0.3) is 0 Å². The molecular weight excluding hydrogens is 320 g/mol. The van der Waals surface area contributed by atoms with Gasteiger partial charge in [0, 0.05) is 25.1 Å². The predicted molar refractivity (Wildman–Crippen MR) is 79.5 cm³/mol. The minimum absolute atomic E-state index is 0.0616. The van der Waals surface area contributed by atoms with Gasteiger partial charge in [-0.25, -0.2) is 4.98 Å². The summed E-state index contributed by atoms with van der Waals surface area (Å²) in [4.78, 5) is 18.5. The Morgan fingerprint density at radius 2 is 2.15 bits per heavy atom. The van der Waals surface area contributed by atoms with Gasteiger partial charge in [0.25, 0.3) is 0 Å². The third-order valence-electron chi connectivity index (χ3n) is 4.16. The van der Waals surface area contributed by atoms with Gasteiger partial charge in [-0.2, -0.15) is 0 Å². The Bertz CT molecular complexity index is 489. The van der Waals surface area contributed by atoms with E-state index in [0.29, 0.717) is 18.3 Å². The largest absolute Gasteiger partial charge is 0.472 e. The second-order valence-electron chi connectivity index (χ2n) is 5.58. The molecule has 0 radical (unpaired) electrons. The summed E-state index contributed by atoms with van der Waals surface area (Å²) in [6, 6.07) is 3.78. The lowest BCUT2D eigenvalue weighted by atomic mass is 10.1. The van der Waals surface area contributed by atoms with E-state index in [2.05, 4.69) is 20.9 Å². The van der Waals surface area contributed by atoms with Gasteiger partial charge in [-0.15, -0.1) is 0 Å². The summed E-state index contributed by atoms with van der Waals surface area (Å²) in [6.45, 7) is 1.50. The van der Waals surface area contributed by atoms with Crippen molar-refractivity contribution in [3.63, 3.8) is 0 Å². The van der Waals surface area contributed by atoms with Gasteiger partial charge in [0.2, 0.25) is 11.8 Å². The maximum atomic E-state index is 12.4. The van der Waals surface area contributed by atoms with E-state index in [0.717, 1.165) is 30.3 Å². The highest BCUT2D eigenvalue weighted by Gasteiger charge is 2.33. The molecule has 108 valence electrons. The SMILES string of the molecule is O=C(C1CCCC1)N1CC[C@@H](Oc2ncccc2Br)C1. The van der Waals surface area contributed by atoms with Gasteiger partial charge in [0.15, 0.2) is 0 Å². The van der Waals surface area contributed by atoms with Crippen molar-refractivity contribution in [2.24, 2.45) is 5.92 Å². The molecule has 0 unspecified atom stereocenters. The van der Waals surface area contributed by atoms with E-state index in [-0.39, 0.29) is 12.0 Å². The maximum Gasteiger partial charge on any atom is 0.228 e. The minimum Gasteiger partial charge on any atom is -0.472 e. The average Bonchev–Trinajstić information content (AvgIpc) is 3.12. The number of hydrogen-bond acceptors (Lipinski definition) is 3. The number of carbonyl (C=O) groups excluding carboxylic acids is 1. The van der Waals surface area contributed by atoms with Gasteiger partial charge in [-0.1, -0.05) is 12.8 Å². The number of ether oxygens (including phenoxy) is 1. The van der Waals surface area contributed by atoms with Crippen molar-refractivity contribution in [3.05, 3.63) is 22.8 Å². The Balaban J connectivity index is 1.57.